The van der Waals surface area contributed by atoms with Crippen molar-refractivity contribution in [3.8, 4) is 0 Å². The number of benzene rings is 1. The lowest BCUT2D eigenvalue weighted by Gasteiger charge is -2.02. The molecule has 0 amide bonds. The third-order valence-corrected chi connectivity index (χ3v) is 2.14. The number of fused-ring (bicyclic) bond motifs is 1. The summed E-state index contributed by atoms with van der Waals surface area (Å²) in [4.78, 5) is 18.5. The Morgan fingerprint density at radius 2 is 2.07 bits per heavy atom. The topological polar surface area (TPSA) is 63.1 Å². The Hall–Kier alpha value is -1.68. The molecule has 0 aliphatic carbocycles. The first-order valence-electron chi connectivity index (χ1n) is 4.30. The fourth-order valence-electron chi connectivity index (χ4n) is 1.39. The second-order valence-electron chi connectivity index (χ2n) is 3.03. The van der Waals surface area contributed by atoms with Crippen molar-refractivity contribution in [3.63, 3.8) is 0 Å². The van der Waals surface area contributed by atoms with Gasteiger partial charge in [-0.15, -0.1) is 0 Å². The van der Waals surface area contributed by atoms with Gasteiger partial charge in [0.1, 0.15) is 0 Å². The summed E-state index contributed by atoms with van der Waals surface area (Å²) < 4.78 is 0. The molecule has 5 heteroatoms. The molecule has 0 saturated heterocycles. The van der Waals surface area contributed by atoms with E-state index in [0.29, 0.717) is 11.2 Å². The first kappa shape index (κ1) is 9.86. The minimum atomic E-state index is -0.935. The van der Waals surface area contributed by atoms with Crippen molar-refractivity contribution in [1.82, 2.24) is 9.97 Å². The number of nitrogens with zero attached hydrogens (tertiary/aromatic N) is 2. The summed E-state index contributed by atoms with van der Waals surface area (Å²) in [5, 5.41) is 9.51. The third kappa shape index (κ3) is 2.05. The van der Waals surface area contributed by atoms with Gasteiger partial charge in [-0.05, 0) is 17.7 Å². The van der Waals surface area contributed by atoms with E-state index in [9.17, 15) is 4.79 Å². The van der Waals surface area contributed by atoms with Crippen LogP contribution in [0.5, 0.6) is 0 Å². The molecule has 0 unspecified atom stereocenters. The van der Waals surface area contributed by atoms with Crippen molar-refractivity contribution >= 4 is 28.5 Å². The quantitative estimate of drug-likeness (QED) is 0.789. The number of carboxylic acids is 1. The van der Waals surface area contributed by atoms with Crippen LogP contribution in [0.3, 0.4) is 0 Å². The second-order valence-corrected chi connectivity index (χ2v) is 3.37. The molecule has 1 heterocycles. The molecule has 1 aromatic heterocycles. The van der Waals surface area contributed by atoms with Crippen LogP contribution in [0.15, 0.2) is 24.3 Å². The van der Waals surface area contributed by atoms with Crippen LogP contribution in [0.1, 0.15) is 5.69 Å². The van der Waals surface area contributed by atoms with Crippen molar-refractivity contribution in [1.29, 1.82) is 0 Å². The SMILES string of the molecule is O=C(O)Cc1nc(Cl)nc2ccccc12. The minimum absolute atomic E-state index is 0.0740. The van der Waals surface area contributed by atoms with Gasteiger partial charge in [0.15, 0.2) is 0 Å². The number of para-hydroxylation sites is 1. The molecule has 1 aromatic carbocycles. The molecule has 0 aliphatic heterocycles. The summed E-state index contributed by atoms with van der Waals surface area (Å²) in [7, 11) is 0. The van der Waals surface area contributed by atoms with E-state index in [4.69, 9.17) is 16.7 Å². The number of aliphatic carboxylic acids is 1. The van der Waals surface area contributed by atoms with Gasteiger partial charge in [0.05, 0.1) is 17.6 Å². The molecule has 1 N–H and O–H groups in total. The monoisotopic (exact) mass is 222 g/mol. The molecule has 4 nitrogen and oxygen atoms in total. The standard InChI is InChI=1S/C10H7ClN2O2/c11-10-12-7-4-2-1-3-6(7)8(13-10)5-9(14)15/h1-4H,5H2,(H,14,15). The number of carboxylic acid groups (broad SMARTS) is 1. The van der Waals surface area contributed by atoms with Crippen LogP contribution in [0, 0.1) is 0 Å². The summed E-state index contributed by atoms with van der Waals surface area (Å²) in [6, 6.07) is 7.18. The van der Waals surface area contributed by atoms with E-state index in [1.165, 1.54) is 0 Å². The van der Waals surface area contributed by atoms with Crippen molar-refractivity contribution in [2.45, 2.75) is 6.42 Å². The maximum absolute atomic E-state index is 10.6. The molecule has 0 radical (unpaired) electrons. The van der Waals surface area contributed by atoms with E-state index >= 15 is 0 Å². The highest BCUT2D eigenvalue weighted by Gasteiger charge is 2.09. The number of hydrogen-bond acceptors (Lipinski definition) is 3. The van der Waals surface area contributed by atoms with Crippen LogP contribution in [-0.4, -0.2) is 21.0 Å². The van der Waals surface area contributed by atoms with E-state index in [2.05, 4.69) is 9.97 Å². The van der Waals surface area contributed by atoms with Gasteiger partial charge in [-0.2, -0.15) is 0 Å². The van der Waals surface area contributed by atoms with Gasteiger partial charge < -0.3 is 5.11 Å². The molecule has 0 atom stereocenters. The van der Waals surface area contributed by atoms with E-state index in [0.717, 1.165) is 5.39 Å². The first-order chi connectivity index (χ1) is 7.16. The molecule has 0 bridgehead atoms. The van der Waals surface area contributed by atoms with Crippen LogP contribution in [-0.2, 0) is 11.2 Å². The number of rotatable bonds is 2. The third-order valence-electron chi connectivity index (χ3n) is 1.97. The van der Waals surface area contributed by atoms with Gasteiger partial charge in [0.25, 0.3) is 0 Å². The number of carbonyl (C=O) groups is 1. The number of aromatic nitrogens is 2. The summed E-state index contributed by atoms with van der Waals surface area (Å²) in [6.45, 7) is 0. The van der Waals surface area contributed by atoms with Gasteiger partial charge in [0.2, 0.25) is 5.28 Å². The molecular weight excluding hydrogens is 216 g/mol. The molecule has 0 aliphatic rings. The van der Waals surface area contributed by atoms with Crippen molar-refractivity contribution in [2.75, 3.05) is 0 Å². The molecule has 0 spiro atoms. The Bertz CT molecular complexity index is 528. The average molecular weight is 223 g/mol. The van der Waals surface area contributed by atoms with E-state index < -0.39 is 5.97 Å². The molecule has 2 rings (SSSR count). The van der Waals surface area contributed by atoms with Crippen LogP contribution >= 0.6 is 11.6 Å². The fraction of sp³-hybridized carbons (Fsp3) is 0.100. The highest BCUT2D eigenvalue weighted by Crippen LogP contribution is 2.17. The molecule has 0 saturated carbocycles. The van der Waals surface area contributed by atoms with Gasteiger partial charge in [-0.3, -0.25) is 4.79 Å². The first-order valence-corrected chi connectivity index (χ1v) is 4.67. The Balaban J connectivity index is 2.65. The molecule has 15 heavy (non-hydrogen) atoms. The maximum Gasteiger partial charge on any atom is 0.309 e. The van der Waals surface area contributed by atoms with E-state index in [1.807, 2.05) is 12.1 Å². The largest absolute Gasteiger partial charge is 0.481 e. The summed E-state index contributed by atoms with van der Waals surface area (Å²) in [5.74, 6) is -0.935. The molecule has 76 valence electrons. The Morgan fingerprint density at radius 3 is 2.80 bits per heavy atom. The summed E-state index contributed by atoms with van der Waals surface area (Å²) >= 11 is 5.69. The van der Waals surface area contributed by atoms with Crippen molar-refractivity contribution in [3.05, 3.63) is 35.2 Å². The maximum atomic E-state index is 10.6. The van der Waals surface area contributed by atoms with Gasteiger partial charge in [0, 0.05) is 5.39 Å². The van der Waals surface area contributed by atoms with Gasteiger partial charge >= 0.3 is 5.97 Å². The zero-order valence-electron chi connectivity index (χ0n) is 7.64. The smallest absolute Gasteiger partial charge is 0.309 e. The Kier molecular flexibility index (Phi) is 2.51. The van der Waals surface area contributed by atoms with Crippen LogP contribution in [0.4, 0.5) is 0 Å². The average Bonchev–Trinajstić information content (AvgIpc) is 2.16. The highest BCUT2D eigenvalue weighted by molar-refractivity contribution is 6.28. The second kappa shape index (κ2) is 3.82. The van der Waals surface area contributed by atoms with Gasteiger partial charge in [-0.1, -0.05) is 18.2 Å². The zero-order chi connectivity index (χ0) is 10.8. The van der Waals surface area contributed by atoms with Crippen LogP contribution in [0.25, 0.3) is 10.9 Å². The minimum Gasteiger partial charge on any atom is -0.481 e. The molecule has 2 aromatic rings. The lowest BCUT2D eigenvalue weighted by atomic mass is 10.1. The predicted octanol–water partition coefficient (Wildman–Crippen LogP) is 1.91. The lowest BCUT2D eigenvalue weighted by molar-refractivity contribution is -0.136. The number of halogens is 1. The fourth-order valence-corrected chi connectivity index (χ4v) is 1.58. The summed E-state index contributed by atoms with van der Waals surface area (Å²) in [6.07, 6.45) is -0.150. The predicted molar refractivity (Wildman–Crippen MR) is 55.9 cm³/mol. The lowest BCUT2D eigenvalue weighted by Crippen LogP contribution is -2.04. The summed E-state index contributed by atoms with van der Waals surface area (Å²) in [5.41, 5.74) is 1.10. The normalized spacial score (nSPS) is 10.5. The zero-order valence-corrected chi connectivity index (χ0v) is 8.40. The Labute approximate surface area is 90.5 Å². The molecular formula is C10H7ClN2O2. The van der Waals surface area contributed by atoms with Crippen molar-refractivity contribution in [2.24, 2.45) is 0 Å². The van der Waals surface area contributed by atoms with Gasteiger partial charge in [-0.25, -0.2) is 9.97 Å². The van der Waals surface area contributed by atoms with E-state index in [-0.39, 0.29) is 11.7 Å². The van der Waals surface area contributed by atoms with E-state index in [1.54, 1.807) is 12.1 Å². The Morgan fingerprint density at radius 1 is 1.33 bits per heavy atom. The van der Waals surface area contributed by atoms with Crippen LogP contribution in [0.2, 0.25) is 5.28 Å². The van der Waals surface area contributed by atoms with Crippen molar-refractivity contribution < 1.29 is 9.90 Å². The number of hydrogen-bond donors (Lipinski definition) is 1. The highest BCUT2D eigenvalue weighted by atomic mass is 35.5. The van der Waals surface area contributed by atoms with Crippen LogP contribution < -0.4 is 0 Å². The molecule has 0 fully saturated rings.